The maximum Gasteiger partial charge on any atom is 0.225 e. The summed E-state index contributed by atoms with van der Waals surface area (Å²) < 4.78 is 0.932. The SMILES string of the molecule is CCCN(CC1CCCNC1)c1ncc(Br)cn1. The third-order valence-corrected chi connectivity index (χ3v) is 3.67. The Morgan fingerprint density at radius 3 is 2.83 bits per heavy atom. The zero-order chi connectivity index (χ0) is 12.8. The Kier molecular flexibility index (Phi) is 5.38. The minimum Gasteiger partial charge on any atom is -0.341 e. The van der Waals surface area contributed by atoms with Crippen LogP contribution in [0.15, 0.2) is 16.9 Å². The molecule has 100 valence electrons. The van der Waals surface area contributed by atoms with Crippen LogP contribution in [-0.2, 0) is 0 Å². The molecule has 0 aromatic carbocycles. The topological polar surface area (TPSA) is 41.0 Å². The van der Waals surface area contributed by atoms with E-state index in [1.165, 1.54) is 19.4 Å². The summed E-state index contributed by atoms with van der Waals surface area (Å²) in [6, 6.07) is 0. The summed E-state index contributed by atoms with van der Waals surface area (Å²) in [5, 5.41) is 3.47. The molecular formula is C13H21BrN4. The van der Waals surface area contributed by atoms with Crippen molar-refractivity contribution in [2.45, 2.75) is 26.2 Å². The summed E-state index contributed by atoms with van der Waals surface area (Å²) in [5.74, 6) is 1.57. The van der Waals surface area contributed by atoms with Gasteiger partial charge in [-0.05, 0) is 54.2 Å². The lowest BCUT2D eigenvalue weighted by molar-refractivity contribution is 0.375. The minimum atomic E-state index is 0.720. The highest BCUT2D eigenvalue weighted by Crippen LogP contribution is 2.16. The highest BCUT2D eigenvalue weighted by Gasteiger charge is 2.18. The molecule has 0 bridgehead atoms. The zero-order valence-electron chi connectivity index (χ0n) is 10.9. The van der Waals surface area contributed by atoms with E-state index >= 15 is 0 Å². The Balaban J connectivity index is 2.00. The van der Waals surface area contributed by atoms with Crippen LogP contribution in [0, 0.1) is 5.92 Å². The Hall–Kier alpha value is -0.680. The fourth-order valence-electron chi connectivity index (χ4n) is 2.40. The molecule has 0 amide bonds. The van der Waals surface area contributed by atoms with Crippen molar-refractivity contribution in [2.24, 2.45) is 5.92 Å². The predicted octanol–water partition coefficient (Wildman–Crippen LogP) is 2.46. The molecule has 4 nitrogen and oxygen atoms in total. The van der Waals surface area contributed by atoms with Crippen molar-refractivity contribution in [1.82, 2.24) is 15.3 Å². The van der Waals surface area contributed by atoms with Gasteiger partial charge in [-0.25, -0.2) is 9.97 Å². The minimum absolute atomic E-state index is 0.720. The molecule has 1 fully saturated rings. The van der Waals surface area contributed by atoms with Gasteiger partial charge in [0.05, 0.1) is 4.47 Å². The Labute approximate surface area is 117 Å². The molecule has 1 aliphatic rings. The van der Waals surface area contributed by atoms with E-state index in [9.17, 15) is 0 Å². The van der Waals surface area contributed by atoms with Crippen molar-refractivity contribution in [2.75, 3.05) is 31.1 Å². The molecule has 1 N–H and O–H groups in total. The average molecular weight is 313 g/mol. The highest BCUT2D eigenvalue weighted by molar-refractivity contribution is 9.10. The monoisotopic (exact) mass is 312 g/mol. The molecule has 1 saturated heterocycles. The maximum atomic E-state index is 4.41. The second-order valence-electron chi connectivity index (χ2n) is 4.86. The predicted molar refractivity (Wildman–Crippen MR) is 77.8 cm³/mol. The normalized spacial score (nSPS) is 19.8. The second kappa shape index (κ2) is 7.04. The van der Waals surface area contributed by atoms with Crippen LogP contribution in [0.1, 0.15) is 26.2 Å². The molecule has 2 heterocycles. The fourth-order valence-corrected chi connectivity index (χ4v) is 2.61. The van der Waals surface area contributed by atoms with Crippen molar-refractivity contribution in [3.05, 3.63) is 16.9 Å². The van der Waals surface area contributed by atoms with Crippen LogP contribution in [0.25, 0.3) is 0 Å². The lowest BCUT2D eigenvalue weighted by Crippen LogP contribution is -2.39. The molecule has 0 aliphatic carbocycles. The largest absolute Gasteiger partial charge is 0.341 e. The molecule has 1 aromatic heterocycles. The van der Waals surface area contributed by atoms with Crippen molar-refractivity contribution < 1.29 is 0 Å². The molecule has 5 heteroatoms. The van der Waals surface area contributed by atoms with Gasteiger partial charge in [0.2, 0.25) is 5.95 Å². The molecule has 18 heavy (non-hydrogen) atoms. The zero-order valence-corrected chi connectivity index (χ0v) is 12.5. The van der Waals surface area contributed by atoms with E-state index < -0.39 is 0 Å². The first-order chi connectivity index (χ1) is 8.79. The molecule has 0 saturated carbocycles. The molecule has 2 rings (SSSR count). The fraction of sp³-hybridized carbons (Fsp3) is 0.692. The van der Waals surface area contributed by atoms with E-state index in [1.807, 2.05) is 12.4 Å². The first-order valence-corrected chi connectivity index (χ1v) is 7.52. The summed E-state index contributed by atoms with van der Waals surface area (Å²) in [7, 11) is 0. The summed E-state index contributed by atoms with van der Waals surface area (Å²) in [6.45, 7) is 6.57. The van der Waals surface area contributed by atoms with Crippen molar-refractivity contribution in [3.63, 3.8) is 0 Å². The van der Waals surface area contributed by atoms with Gasteiger partial charge in [-0.1, -0.05) is 6.92 Å². The number of halogens is 1. The number of anilines is 1. The highest BCUT2D eigenvalue weighted by atomic mass is 79.9. The Morgan fingerprint density at radius 1 is 1.44 bits per heavy atom. The number of rotatable bonds is 5. The standard InChI is InChI=1S/C13H21BrN4/c1-2-6-18(10-11-4-3-5-15-7-11)13-16-8-12(14)9-17-13/h8-9,11,15H,2-7,10H2,1H3. The van der Waals surface area contributed by atoms with Crippen molar-refractivity contribution >= 4 is 21.9 Å². The van der Waals surface area contributed by atoms with Crippen LogP contribution < -0.4 is 10.2 Å². The van der Waals surface area contributed by atoms with Gasteiger partial charge in [-0.2, -0.15) is 0 Å². The van der Waals surface area contributed by atoms with Crippen LogP contribution in [0.4, 0.5) is 5.95 Å². The van der Waals surface area contributed by atoms with Crippen LogP contribution in [0.2, 0.25) is 0 Å². The molecule has 1 unspecified atom stereocenters. The smallest absolute Gasteiger partial charge is 0.225 e. The van der Waals surface area contributed by atoms with Gasteiger partial charge in [0, 0.05) is 25.5 Å². The lowest BCUT2D eigenvalue weighted by Gasteiger charge is -2.30. The van der Waals surface area contributed by atoms with E-state index in [2.05, 4.69) is 43.0 Å². The van der Waals surface area contributed by atoms with E-state index in [0.29, 0.717) is 0 Å². The Bertz CT molecular complexity index is 349. The number of hydrogen-bond donors (Lipinski definition) is 1. The van der Waals surface area contributed by atoms with Gasteiger partial charge in [0.1, 0.15) is 0 Å². The van der Waals surface area contributed by atoms with Gasteiger partial charge in [0.15, 0.2) is 0 Å². The van der Waals surface area contributed by atoms with E-state index in [1.54, 1.807) is 0 Å². The van der Waals surface area contributed by atoms with Gasteiger partial charge in [-0.15, -0.1) is 0 Å². The van der Waals surface area contributed by atoms with Crippen LogP contribution in [0.5, 0.6) is 0 Å². The average Bonchev–Trinajstić information content (AvgIpc) is 2.40. The number of nitrogens with one attached hydrogen (secondary N) is 1. The van der Waals surface area contributed by atoms with Gasteiger partial charge in [0.25, 0.3) is 0 Å². The number of hydrogen-bond acceptors (Lipinski definition) is 4. The van der Waals surface area contributed by atoms with Crippen LogP contribution >= 0.6 is 15.9 Å². The third kappa shape index (κ3) is 3.92. The first-order valence-electron chi connectivity index (χ1n) is 6.72. The molecule has 1 aliphatic heterocycles. The van der Waals surface area contributed by atoms with Crippen LogP contribution in [-0.4, -0.2) is 36.1 Å². The maximum absolute atomic E-state index is 4.41. The number of piperidine rings is 1. The first kappa shape index (κ1) is 13.7. The molecule has 1 atom stereocenters. The Morgan fingerprint density at radius 2 is 2.22 bits per heavy atom. The van der Waals surface area contributed by atoms with Gasteiger partial charge in [-0.3, -0.25) is 0 Å². The molecule has 0 radical (unpaired) electrons. The quantitative estimate of drug-likeness (QED) is 0.906. The number of nitrogens with zero attached hydrogens (tertiary/aromatic N) is 3. The summed E-state index contributed by atoms with van der Waals surface area (Å²) in [6.07, 6.45) is 7.36. The number of aromatic nitrogens is 2. The summed E-state index contributed by atoms with van der Waals surface area (Å²) >= 11 is 3.38. The third-order valence-electron chi connectivity index (χ3n) is 3.26. The van der Waals surface area contributed by atoms with E-state index in [4.69, 9.17) is 0 Å². The van der Waals surface area contributed by atoms with E-state index in [-0.39, 0.29) is 0 Å². The second-order valence-corrected chi connectivity index (χ2v) is 5.78. The van der Waals surface area contributed by atoms with Gasteiger partial charge < -0.3 is 10.2 Å². The summed E-state index contributed by atoms with van der Waals surface area (Å²) in [5.41, 5.74) is 0. The summed E-state index contributed by atoms with van der Waals surface area (Å²) in [4.78, 5) is 11.1. The molecular weight excluding hydrogens is 292 g/mol. The molecule has 0 spiro atoms. The lowest BCUT2D eigenvalue weighted by atomic mass is 9.99. The van der Waals surface area contributed by atoms with Crippen molar-refractivity contribution in [1.29, 1.82) is 0 Å². The van der Waals surface area contributed by atoms with Crippen LogP contribution in [0.3, 0.4) is 0 Å². The molecule has 1 aromatic rings. The van der Waals surface area contributed by atoms with E-state index in [0.717, 1.165) is 42.4 Å². The van der Waals surface area contributed by atoms with Crippen molar-refractivity contribution in [3.8, 4) is 0 Å². The van der Waals surface area contributed by atoms with Gasteiger partial charge >= 0.3 is 0 Å².